The summed E-state index contributed by atoms with van der Waals surface area (Å²) < 4.78 is 25.7. The summed E-state index contributed by atoms with van der Waals surface area (Å²) in [4.78, 5) is 0. The van der Waals surface area contributed by atoms with Crippen LogP contribution in [0.3, 0.4) is 0 Å². The summed E-state index contributed by atoms with van der Waals surface area (Å²) in [6.45, 7) is 0. The SMILES string of the molecule is N#Cc1cccc2c1CC(c1ccc(F)c(Oc3ccccc3)c1)O2. The molecule has 0 aliphatic carbocycles. The van der Waals surface area contributed by atoms with E-state index >= 15 is 0 Å². The number of halogens is 1. The molecule has 1 atom stereocenters. The molecule has 3 nitrogen and oxygen atoms in total. The molecule has 1 aliphatic rings. The summed E-state index contributed by atoms with van der Waals surface area (Å²) in [6.07, 6.45) is 0.318. The van der Waals surface area contributed by atoms with E-state index in [1.807, 2.05) is 24.3 Å². The van der Waals surface area contributed by atoms with E-state index < -0.39 is 5.82 Å². The third-order valence-corrected chi connectivity index (χ3v) is 4.21. The molecule has 0 fully saturated rings. The smallest absolute Gasteiger partial charge is 0.165 e. The average molecular weight is 331 g/mol. The van der Waals surface area contributed by atoms with Gasteiger partial charge < -0.3 is 9.47 Å². The van der Waals surface area contributed by atoms with Crippen molar-refractivity contribution >= 4 is 0 Å². The van der Waals surface area contributed by atoms with Gasteiger partial charge in [0.05, 0.1) is 11.6 Å². The molecular weight excluding hydrogens is 317 g/mol. The zero-order chi connectivity index (χ0) is 17.2. The second kappa shape index (κ2) is 6.29. The molecule has 0 amide bonds. The quantitative estimate of drug-likeness (QED) is 0.665. The van der Waals surface area contributed by atoms with E-state index in [-0.39, 0.29) is 11.9 Å². The van der Waals surface area contributed by atoms with Crippen molar-refractivity contribution in [3.05, 3.63) is 89.2 Å². The van der Waals surface area contributed by atoms with Gasteiger partial charge in [0.2, 0.25) is 0 Å². The van der Waals surface area contributed by atoms with Crippen LogP contribution in [0.15, 0.2) is 66.7 Å². The lowest BCUT2D eigenvalue weighted by atomic mass is 10.00. The largest absolute Gasteiger partial charge is 0.485 e. The van der Waals surface area contributed by atoms with Crippen LogP contribution in [0.25, 0.3) is 0 Å². The number of fused-ring (bicyclic) bond motifs is 1. The highest BCUT2D eigenvalue weighted by Crippen LogP contribution is 2.39. The minimum Gasteiger partial charge on any atom is -0.485 e. The van der Waals surface area contributed by atoms with Gasteiger partial charge in [-0.2, -0.15) is 5.26 Å². The molecule has 4 rings (SSSR count). The molecule has 4 heteroatoms. The summed E-state index contributed by atoms with van der Waals surface area (Å²) in [5.41, 5.74) is 2.32. The molecule has 3 aromatic rings. The van der Waals surface area contributed by atoms with Crippen LogP contribution in [-0.4, -0.2) is 0 Å². The number of hydrogen-bond donors (Lipinski definition) is 0. The first-order valence-electron chi connectivity index (χ1n) is 7.95. The molecule has 0 N–H and O–H groups in total. The Morgan fingerprint density at radius 2 is 1.88 bits per heavy atom. The lowest BCUT2D eigenvalue weighted by molar-refractivity contribution is 0.238. The highest BCUT2D eigenvalue weighted by molar-refractivity contribution is 5.50. The maximum Gasteiger partial charge on any atom is 0.165 e. The first-order valence-corrected chi connectivity index (χ1v) is 7.95. The number of benzene rings is 3. The molecule has 1 heterocycles. The van der Waals surface area contributed by atoms with Crippen LogP contribution in [0.2, 0.25) is 0 Å². The maximum absolute atomic E-state index is 14.1. The van der Waals surface area contributed by atoms with Crippen molar-refractivity contribution in [3.63, 3.8) is 0 Å². The monoisotopic (exact) mass is 331 g/mol. The van der Waals surface area contributed by atoms with E-state index in [0.717, 1.165) is 11.1 Å². The van der Waals surface area contributed by atoms with Gasteiger partial charge in [0, 0.05) is 12.0 Å². The van der Waals surface area contributed by atoms with Gasteiger partial charge in [-0.25, -0.2) is 4.39 Å². The summed E-state index contributed by atoms with van der Waals surface area (Å²) in [7, 11) is 0. The molecule has 0 radical (unpaired) electrons. The van der Waals surface area contributed by atoms with Gasteiger partial charge >= 0.3 is 0 Å². The molecule has 0 saturated carbocycles. The Bertz CT molecular complexity index is 963. The van der Waals surface area contributed by atoms with Crippen LogP contribution in [0.4, 0.5) is 4.39 Å². The van der Waals surface area contributed by atoms with Crippen molar-refractivity contribution < 1.29 is 13.9 Å². The van der Waals surface area contributed by atoms with Crippen LogP contribution in [0.5, 0.6) is 17.2 Å². The highest BCUT2D eigenvalue weighted by atomic mass is 19.1. The normalized spacial score (nSPS) is 15.1. The minimum atomic E-state index is -0.430. The Morgan fingerprint density at radius 1 is 1.04 bits per heavy atom. The van der Waals surface area contributed by atoms with Crippen LogP contribution in [0, 0.1) is 17.1 Å². The van der Waals surface area contributed by atoms with E-state index in [2.05, 4.69) is 6.07 Å². The molecule has 25 heavy (non-hydrogen) atoms. The van der Waals surface area contributed by atoms with E-state index in [9.17, 15) is 9.65 Å². The Hall–Kier alpha value is -3.32. The van der Waals surface area contributed by atoms with Crippen LogP contribution in [0.1, 0.15) is 22.8 Å². The molecule has 0 aromatic heterocycles. The van der Waals surface area contributed by atoms with Gasteiger partial charge in [-0.3, -0.25) is 0 Å². The van der Waals surface area contributed by atoms with Crippen molar-refractivity contribution in [3.8, 4) is 23.3 Å². The van der Waals surface area contributed by atoms with Crippen molar-refractivity contribution in [2.45, 2.75) is 12.5 Å². The topological polar surface area (TPSA) is 42.2 Å². The first kappa shape index (κ1) is 15.2. The predicted molar refractivity (Wildman–Crippen MR) is 91.1 cm³/mol. The fourth-order valence-corrected chi connectivity index (χ4v) is 2.97. The molecule has 0 bridgehead atoms. The first-order chi connectivity index (χ1) is 12.2. The summed E-state index contributed by atoms with van der Waals surface area (Å²) in [5.74, 6) is 1.00. The van der Waals surface area contributed by atoms with Gasteiger partial charge in [0.1, 0.15) is 17.6 Å². The summed E-state index contributed by atoms with van der Waals surface area (Å²) in [5, 5.41) is 9.23. The lowest BCUT2D eigenvalue weighted by Crippen LogP contribution is -2.04. The molecule has 3 aromatic carbocycles. The highest BCUT2D eigenvalue weighted by Gasteiger charge is 2.27. The Labute approximate surface area is 144 Å². The van der Waals surface area contributed by atoms with Gasteiger partial charge in [-0.1, -0.05) is 30.3 Å². The van der Waals surface area contributed by atoms with E-state index in [4.69, 9.17) is 9.47 Å². The third-order valence-electron chi connectivity index (χ3n) is 4.21. The predicted octanol–water partition coefficient (Wildman–Crippen LogP) is 5.17. The number of nitriles is 1. The number of nitrogens with zero attached hydrogens (tertiary/aromatic N) is 1. The maximum atomic E-state index is 14.1. The van der Waals surface area contributed by atoms with Crippen molar-refractivity contribution in [1.29, 1.82) is 5.26 Å². The fourth-order valence-electron chi connectivity index (χ4n) is 2.97. The number of rotatable bonds is 3. The van der Waals surface area contributed by atoms with Crippen molar-refractivity contribution in [1.82, 2.24) is 0 Å². The second-order valence-corrected chi connectivity index (χ2v) is 5.81. The van der Waals surface area contributed by atoms with E-state index in [0.29, 0.717) is 23.5 Å². The number of hydrogen-bond acceptors (Lipinski definition) is 3. The molecule has 122 valence electrons. The van der Waals surface area contributed by atoms with Gasteiger partial charge in [0.15, 0.2) is 11.6 Å². The van der Waals surface area contributed by atoms with Crippen LogP contribution < -0.4 is 9.47 Å². The Balaban J connectivity index is 1.62. The molecule has 1 aliphatic heterocycles. The molecule has 0 spiro atoms. The van der Waals surface area contributed by atoms with E-state index in [1.165, 1.54) is 6.07 Å². The van der Waals surface area contributed by atoms with Crippen LogP contribution in [-0.2, 0) is 6.42 Å². The lowest BCUT2D eigenvalue weighted by Gasteiger charge is -2.13. The Kier molecular flexibility index (Phi) is 3.83. The average Bonchev–Trinajstić information content (AvgIpc) is 3.08. The zero-order valence-electron chi connectivity index (χ0n) is 13.3. The molecular formula is C21H14FNO2. The standard InChI is InChI=1S/C21H14FNO2/c22-18-10-9-14(11-21(18)24-16-6-2-1-3-7-16)20-12-17-15(13-23)5-4-8-19(17)25-20/h1-11,20H,12H2. The molecule has 1 unspecified atom stereocenters. The Morgan fingerprint density at radius 3 is 2.68 bits per heavy atom. The number of para-hydroxylation sites is 1. The fraction of sp³-hybridized carbons (Fsp3) is 0.0952. The van der Waals surface area contributed by atoms with Crippen molar-refractivity contribution in [2.24, 2.45) is 0 Å². The minimum absolute atomic E-state index is 0.156. The molecule has 0 saturated heterocycles. The van der Waals surface area contributed by atoms with E-state index in [1.54, 1.807) is 36.4 Å². The zero-order valence-corrected chi connectivity index (χ0v) is 13.3. The number of ether oxygens (including phenoxy) is 2. The van der Waals surface area contributed by atoms with Crippen molar-refractivity contribution in [2.75, 3.05) is 0 Å². The summed E-state index contributed by atoms with van der Waals surface area (Å²) >= 11 is 0. The van der Waals surface area contributed by atoms with Gasteiger partial charge in [0.25, 0.3) is 0 Å². The van der Waals surface area contributed by atoms with Gasteiger partial charge in [-0.15, -0.1) is 0 Å². The second-order valence-electron chi connectivity index (χ2n) is 5.81. The van der Waals surface area contributed by atoms with Crippen LogP contribution >= 0.6 is 0 Å². The third kappa shape index (κ3) is 2.92. The van der Waals surface area contributed by atoms with Gasteiger partial charge in [-0.05, 0) is 42.0 Å². The summed E-state index contributed by atoms with van der Waals surface area (Å²) in [6, 6.07) is 21.4.